The molecule has 1 aromatic rings. The van der Waals surface area contributed by atoms with Crippen molar-refractivity contribution in [3.05, 3.63) is 29.8 Å². The Kier molecular flexibility index (Phi) is 3.97. The lowest BCUT2D eigenvalue weighted by Gasteiger charge is -2.07. The summed E-state index contributed by atoms with van der Waals surface area (Å²) in [5.74, 6) is -0.313. The summed E-state index contributed by atoms with van der Waals surface area (Å²) in [5, 5.41) is -1.76. The van der Waals surface area contributed by atoms with Gasteiger partial charge in [0.05, 0.1) is 0 Å². The third-order valence-corrected chi connectivity index (χ3v) is 2.81. The minimum atomic E-state index is -4.54. The second-order valence-electron chi connectivity index (χ2n) is 3.18. The summed E-state index contributed by atoms with van der Waals surface area (Å²) >= 11 is 0. The molecule has 0 amide bonds. The zero-order valence-electron chi connectivity index (χ0n) is 8.78. The number of rotatable bonds is 4. The van der Waals surface area contributed by atoms with E-state index in [1.807, 2.05) is 0 Å². The summed E-state index contributed by atoms with van der Waals surface area (Å²) in [6, 6.07) is 5.13. The molecule has 7 heteroatoms. The number of benzene rings is 1. The SMILES string of the molecule is CC(=O)Oc1ccc(C([C]=O)S(=O)(=O)O)cc1. The third kappa shape index (κ3) is 3.65. The maximum atomic E-state index is 10.8. The number of carbonyl (C=O) groups excluding carboxylic acids is 2. The van der Waals surface area contributed by atoms with Crippen molar-refractivity contribution in [3.63, 3.8) is 0 Å². The Labute approximate surface area is 98.0 Å². The molecule has 0 saturated heterocycles. The monoisotopic (exact) mass is 257 g/mol. The van der Waals surface area contributed by atoms with Crippen molar-refractivity contribution < 1.29 is 27.3 Å². The molecule has 0 aliphatic carbocycles. The second-order valence-corrected chi connectivity index (χ2v) is 4.68. The van der Waals surface area contributed by atoms with Gasteiger partial charge in [0.15, 0.2) is 5.25 Å². The Morgan fingerprint density at radius 1 is 1.35 bits per heavy atom. The van der Waals surface area contributed by atoms with E-state index in [1.165, 1.54) is 37.5 Å². The molecule has 0 bridgehead atoms. The summed E-state index contributed by atoms with van der Waals surface area (Å²) in [6.07, 6.45) is 1.22. The van der Waals surface area contributed by atoms with Gasteiger partial charge >= 0.3 is 5.97 Å². The molecular weight excluding hydrogens is 248 g/mol. The standard InChI is InChI=1S/C10H9O6S/c1-7(12)16-9-4-2-8(3-5-9)10(6-11)17(13,14)15/h2-5,10H,1H3,(H,13,14,15). The normalized spacial score (nSPS) is 12.8. The fourth-order valence-electron chi connectivity index (χ4n) is 1.18. The van der Waals surface area contributed by atoms with Crippen molar-refractivity contribution in [2.24, 2.45) is 0 Å². The molecule has 1 radical (unpaired) electrons. The first kappa shape index (κ1) is 13.3. The first-order chi connectivity index (χ1) is 7.84. The third-order valence-electron chi connectivity index (χ3n) is 1.85. The van der Waals surface area contributed by atoms with Gasteiger partial charge in [-0.2, -0.15) is 8.42 Å². The molecule has 0 aliphatic rings. The van der Waals surface area contributed by atoms with E-state index in [0.29, 0.717) is 0 Å². The lowest BCUT2D eigenvalue weighted by molar-refractivity contribution is -0.131. The van der Waals surface area contributed by atoms with E-state index in [9.17, 15) is 18.0 Å². The first-order valence-corrected chi connectivity index (χ1v) is 5.97. The zero-order valence-corrected chi connectivity index (χ0v) is 9.60. The molecule has 0 saturated carbocycles. The Bertz CT molecular complexity index is 516. The summed E-state index contributed by atoms with van der Waals surface area (Å²) in [7, 11) is -4.54. The molecule has 0 spiro atoms. The molecule has 1 unspecified atom stereocenters. The van der Waals surface area contributed by atoms with Crippen LogP contribution in [0.5, 0.6) is 5.75 Å². The number of hydrogen-bond acceptors (Lipinski definition) is 5. The maximum Gasteiger partial charge on any atom is 0.308 e. The minimum absolute atomic E-state index is 0.0402. The van der Waals surface area contributed by atoms with Crippen molar-refractivity contribution in [2.75, 3.05) is 0 Å². The van der Waals surface area contributed by atoms with Crippen molar-refractivity contribution in [1.29, 1.82) is 0 Å². The van der Waals surface area contributed by atoms with Crippen LogP contribution in [0.2, 0.25) is 0 Å². The average molecular weight is 257 g/mol. The van der Waals surface area contributed by atoms with E-state index in [-0.39, 0.29) is 11.3 Å². The van der Waals surface area contributed by atoms with E-state index < -0.39 is 21.3 Å². The minimum Gasteiger partial charge on any atom is -0.427 e. The molecule has 0 aliphatic heterocycles. The molecule has 91 valence electrons. The molecular formula is C10H9O6S. The van der Waals surface area contributed by atoms with Crippen molar-refractivity contribution in [3.8, 4) is 5.75 Å². The summed E-state index contributed by atoms with van der Waals surface area (Å²) in [4.78, 5) is 21.1. The van der Waals surface area contributed by atoms with Gasteiger partial charge in [-0.15, -0.1) is 0 Å². The van der Waals surface area contributed by atoms with Gasteiger partial charge in [0.25, 0.3) is 10.1 Å². The lowest BCUT2D eigenvalue weighted by atomic mass is 10.1. The predicted octanol–water partition coefficient (Wildman–Crippen LogP) is 0.651. The van der Waals surface area contributed by atoms with Crippen LogP contribution in [0.15, 0.2) is 24.3 Å². The second kappa shape index (κ2) is 5.07. The fourth-order valence-corrected chi connectivity index (χ4v) is 1.80. The van der Waals surface area contributed by atoms with Crippen LogP contribution < -0.4 is 4.74 Å². The van der Waals surface area contributed by atoms with Crippen LogP contribution in [0.4, 0.5) is 0 Å². The molecule has 1 rings (SSSR count). The van der Waals surface area contributed by atoms with Gasteiger partial charge in [-0.05, 0) is 17.7 Å². The quantitative estimate of drug-likeness (QED) is 0.483. The topological polar surface area (TPSA) is 97.7 Å². The van der Waals surface area contributed by atoms with E-state index >= 15 is 0 Å². The highest BCUT2D eigenvalue weighted by Crippen LogP contribution is 2.22. The van der Waals surface area contributed by atoms with Crippen LogP contribution in [0.3, 0.4) is 0 Å². The summed E-state index contributed by atoms with van der Waals surface area (Å²) < 4.78 is 35.2. The summed E-state index contributed by atoms with van der Waals surface area (Å²) in [6.45, 7) is 1.22. The molecule has 17 heavy (non-hydrogen) atoms. The Morgan fingerprint density at radius 2 is 1.88 bits per heavy atom. The average Bonchev–Trinajstić information content (AvgIpc) is 2.18. The van der Waals surface area contributed by atoms with E-state index in [2.05, 4.69) is 0 Å². The van der Waals surface area contributed by atoms with E-state index in [1.54, 1.807) is 0 Å². The predicted molar refractivity (Wildman–Crippen MR) is 57.7 cm³/mol. The van der Waals surface area contributed by atoms with Gasteiger partial charge in [-0.25, -0.2) is 0 Å². The first-order valence-electron chi connectivity index (χ1n) is 4.47. The highest BCUT2D eigenvalue weighted by molar-refractivity contribution is 7.86. The number of esters is 1. The Morgan fingerprint density at radius 3 is 2.24 bits per heavy atom. The van der Waals surface area contributed by atoms with Gasteiger partial charge in [0, 0.05) is 6.92 Å². The van der Waals surface area contributed by atoms with Crippen LogP contribution in [0.1, 0.15) is 17.7 Å². The van der Waals surface area contributed by atoms with Gasteiger partial charge in [0.1, 0.15) is 5.75 Å². The molecule has 0 heterocycles. The summed E-state index contributed by atoms with van der Waals surface area (Å²) in [5.41, 5.74) is 0.0402. The van der Waals surface area contributed by atoms with Gasteiger partial charge in [-0.3, -0.25) is 14.1 Å². The van der Waals surface area contributed by atoms with E-state index in [0.717, 1.165) is 0 Å². The molecule has 0 aromatic heterocycles. The van der Waals surface area contributed by atoms with Gasteiger partial charge < -0.3 is 4.74 Å². The molecule has 1 aromatic carbocycles. The maximum absolute atomic E-state index is 10.8. The van der Waals surface area contributed by atoms with Crippen LogP contribution in [0, 0.1) is 0 Å². The number of carbonyl (C=O) groups is 1. The highest BCUT2D eigenvalue weighted by atomic mass is 32.2. The molecule has 1 N–H and O–H groups in total. The Balaban J connectivity index is 3.01. The zero-order chi connectivity index (χ0) is 13.1. The smallest absolute Gasteiger partial charge is 0.308 e. The molecule has 0 fully saturated rings. The van der Waals surface area contributed by atoms with Crippen molar-refractivity contribution in [2.45, 2.75) is 12.2 Å². The van der Waals surface area contributed by atoms with Gasteiger partial charge in [0.2, 0.25) is 6.29 Å². The van der Waals surface area contributed by atoms with Crippen LogP contribution >= 0.6 is 0 Å². The highest BCUT2D eigenvalue weighted by Gasteiger charge is 2.25. The van der Waals surface area contributed by atoms with Gasteiger partial charge in [-0.1, -0.05) is 12.1 Å². The van der Waals surface area contributed by atoms with Crippen LogP contribution in [-0.2, 0) is 19.7 Å². The largest absolute Gasteiger partial charge is 0.427 e. The molecule has 6 nitrogen and oxygen atoms in total. The lowest BCUT2D eigenvalue weighted by Crippen LogP contribution is -2.13. The van der Waals surface area contributed by atoms with Crippen LogP contribution in [-0.4, -0.2) is 25.2 Å². The fraction of sp³-hybridized carbons (Fsp3) is 0.200. The number of hydrogen-bond donors (Lipinski definition) is 1. The van der Waals surface area contributed by atoms with Crippen molar-refractivity contribution >= 4 is 22.4 Å². The van der Waals surface area contributed by atoms with E-state index in [4.69, 9.17) is 9.29 Å². The van der Waals surface area contributed by atoms with Crippen LogP contribution in [0.25, 0.3) is 0 Å². The molecule has 1 atom stereocenters. The van der Waals surface area contributed by atoms with Crippen molar-refractivity contribution in [1.82, 2.24) is 0 Å². The number of ether oxygens (including phenoxy) is 1. The Hall–Kier alpha value is -1.73.